The van der Waals surface area contributed by atoms with Crippen LogP contribution >= 0.6 is 0 Å². The number of carbonyl (C=O) groups is 1. The Kier molecular flexibility index (Phi) is 4.20. The Hall–Kier alpha value is -2.21. The van der Waals surface area contributed by atoms with E-state index in [0.29, 0.717) is 18.2 Å². The molecule has 116 valence electrons. The molecule has 4 N–H and O–H groups in total. The Bertz CT molecular complexity index is 666. The maximum Gasteiger partial charge on any atom is 0.224 e. The fourth-order valence-electron chi connectivity index (χ4n) is 2.98. The van der Waals surface area contributed by atoms with E-state index < -0.39 is 0 Å². The summed E-state index contributed by atoms with van der Waals surface area (Å²) in [5.41, 5.74) is 7.66. The van der Waals surface area contributed by atoms with Gasteiger partial charge in [-0.25, -0.2) is 4.98 Å². The molecule has 1 fully saturated rings. The maximum absolute atomic E-state index is 12.2. The predicted molar refractivity (Wildman–Crippen MR) is 85.1 cm³/mol. The Labute approximate surface area is 129 Å². The minimum absolute atomic E-state index is 0.0191. The van der Waals surface area contributed by atoms with E-state index in [1.54, 1.807) is 0 Å². The number of aromatic nitrogens is 3. The van der Waals surface area contributed by atoms with Crippen LogP contribution < -0.4 is 11.1 Å². The molecule has 2 atom stereocenters. The van der Waals surface area contributed by atoms with Crippen LogP contribution in [0.25, 0.3) is 11.4 Å². The molecular weight excluding hydrogens is 278 g/mol. The highest BCUT2D eigenvalue weighted by Gasteiger charge is 2.26. The van der Waals surface area contributed by atoms with Crippen LogP contribution in [-0.4, -0.2) is 27.1 Å². The summed E-state index contributed by atoms with van der Waals surface area (Å²) in [6, 6.07) is 7.72. The average molecular weight is 299 g/mol. The molecule has 22 heavy (non-hydrogen) atoms. The lowest BCUT2D eigenvalue weighted by Gasteiger charge is -2.14. The Balaban J connectivity index is 1.66. The monoisotopic (exact) mass is 299 g/mol. The third-order valence-electron chi connectivity index (χ3n) is 4.17. The summed E-state index contributed by atoms with van der Waals surface area (Å²) in [5, 5.41) is 9.90. The van der Waals surface area contributed by atoms with Gasteiger partial charge in [0.25, 0.3) is 0 Å². The molecule has 3 rings (SSSR count). The first-order chi connectivity index (χ1) is 10.6. The number of benzene rings is 1. The number of nitrogens with one attached hydrogen (secondary N) is 2. The van der Waals surface area contributed by atoms with Crippen molar-refractivity contribution in [2.75, 3.05) is 5.32 Å². The molecule has 1 amide bonds. The molecule has 1 aliphatic rings. The number of carbonyl (C=O) groups excluding carboxylic acids is 1. The van der Waals surface area contributed by atoms with Gasteiger partial charge >= 0.3 is 0 Å². The van der Waals surface area contributed by atoms with Crippen LogP contribution in [0.3, 0.4) is 0 Å². The summed E-state index contributed by atoms with van der Waals surface area (Å²) in [4.78, 5) is 16.5. The summed E-state index contributed by atoms with van der Waals surface area (Å²) in [6.07, 6.45) is 3.69. The van der Waals surface area contributed by atoms with E-state index in [0.717, 1.165) is 36.3 Å². The van der Waals surface area contributed by atoms with Crippen molar-refractivity contribution in [2.45, 2.75) is 38.6 Å². The van der Waals surface area contributed by atoms with Crippen molar-refractivity contribution in [3.8, 4) is 11.4 Å². The number of hydrogen-bond donors (Lipinski definition) is 3. The van der Waals surface area contributed by atoms with Gasteiger partial charge in [0.15, 0.2) is 5.82 Å². The van der Waals surface area contributed by atoms with Gasteiger partial charge in [0.1, 0.15) is 5.82 Å². The number of H-pyrrole nitrogens is 1. The molecule has 1 saturated carbocycles. The van der Waals surface area contributed by atoms with E-state index in [2.05, 4.69) is 20.5 Å². The highest BCUT2D eigenvalue weighted by atomic mass is 16.1. The molecule has 0 spiro atoms. The number of hydrogen-bond acceptors (Lipinski definition) is 4. The fraction of sp³-hybridized carbons (Fsp3) is 0.438. The lowest BCUT2D eigenvalue weighted by Crippen LogP contribution is -2.28. The molecule has 0 unspecified atom stereocenters. The molecule has 1 aromatic carbocycles. The molecule has 6 heteroatoms. The topological polar surface area (TPSA) is 96.7 Å². The first-order valence-corrected chi connectivity index (χ1v) is 7.66. The van der Waals surface area contributed by atoms with Gasteiger partial charge in [-0.3, -0.25) is 9.89 Å². The van der Waals surface area contributed by atoms with Gasteiger partial charge in [-0.2, -0.15) is 5.10 Å². The molecule has 0 saturated heterocycles. The molecule has 1 heterocycles. The number of aromatic amines is 1. The van der Waals surface area contributed by atoms with Crippen LogP contribution in [0.4, 0.5) is 5.69 Å². The maximum atomic E-state index is 12.2. The number of nitrogens with two attached hydrogens (primary N) is 1. The van der Waals surface area contributed by atoms with E-state index in [1.807, 2.05) is 31.2 Å². The summed E-state index contributed by atoms with van der Waals surface area (Å²) in [5.74, 6) is 1.72. The molecule has 6 nitrogen and oxygen atoms in total. The standard InChI is InChI=1S/C16H21N5O/c1-10-18-16(21-20-10)12-5-2-6-13(8-12)19-15(22)9-11-4-3-7-14(11)17/h2,5-6,8,11,14H,3-4,7,9,17H2,1H3,(H,19,22)(H,18,20,21)/t11-,14+/m0/s1. The third kappa shape index (κ3) is 3.33. The lowest BCUT2D eigenvalue weighted by molar-refractivity contribution is -0.117. The van der Waals surface area contributed by atoms with Crippen LogP contribution in [0, 0.1) is 12.8 Å². The normalized spacial score (nSPS) is 21.0. The number of aryl methyl sites for hydroxylation is 1. The van der Waals surface area contributed by atoms with Gasteiger partial charge in [-0.1, -0.05) is 18.6 Å². The Morgan fingerprint density at radius 3 is 3.00 bits per heavy atom. The van der Waals surface area contributed by atoms with Crippen molar-refractivity contribution in [1.29, 1.82) is 0 Å². The lowest BCUT2D eigenvalue weighted by atomic mass is 10.00. The predicted octanol–water partition coefficient (Wildman–Crippen LogP) is 2.24. The van der Waals surface area contributed by atoms with Crippen molar-refractivity contribution >= 4 is 11.6 Å². The summed E-state index contributed by atoms with van der Waals surface area (Å²) in [6.45, 7) is 1.85. The molecule has 0 aliphatic heterocycles. The van der Waals surface area contributed by atoms with Crippen LogP contribution in [0.1, 0.15) is 31.5 Å². The number of nitrogens with zero attached hydrogens (tertiary/aromatic N) is 2. The summed E-state index contributed by atoms with van der Waals surface area (Å²) in [7, 11) is 0. The van der Waals surface area contributed by atoms with Gasteiger partial charge in [-0.15, -0.1) is 0 Å². The van der Waals surface area contributed by atoms with E-state index in [4.69, 9.17) is 5.73 Å². The van der Waals surface area contributed by atoms with E-state index in [-0.39, 0.29) is 11.9 Å². The number of amides is 1. The van der Waals surface area contributed by atoms with Crippen molar-refractivity contribution in [1.82, 2.24) is 15.2 Å². The van der Waals surface area contributed by atoms with Crippen molar-refractivity contribution in [3.05, 3.63) is 30.1 Å². The zero-order valence-corrected chi connectivity index (χ0v) is 12.7. The molecule has 1 aliphatic carbocycles. The molecular formula is C16H21N5O. The van der Waals surface area contributed by atoms with Gasteiger partial charge in [0.2, 0.25) is 5.91 Å². The summed E-state index contributed by atoms with van der Waals surface area (Å²) < 4.78 is 0. The minimum atomic E-state index is 0.0191. The first-order valence-electron chi connectivity index (χ1n) is 7.66. The van der Waals surface area contributed by atoms with Crippen molar-refractivity contribution < 1.29 is 4.79 Å². The summed E-state index contributed by atoms with van der Waals surface area (Å²) >= 11 is 0. The largest absolute Gasteiger partial charge is 0.327 e. The van der Waals surface area contributed by atoms with Crippen LogP contribution in [0.15, 0.2) is 24.3 Å². The third-order valence-corrected chi connectivity index (χ3v) is 4.17. The van der Waals surface area contributed by atoms with Crippen LogP contribution in [0.5, 0.6) is 0 Å². The Morgan fingerprint density at radius 2 is 2.32 bits per heavy atom. The fourth-order valence-corrected chi connectivity index (χ4v) is 2.98. The quantitative estimate of drug-likeness (QED) is 0.806. The van der Waals surface area contributed by atoms with E-state index in [1.165, 1.54) is 0 Å². The van der Waals surface area contributed by atoms with Crippen LogP contribution in [0.2, 0.25) is 0 Å². The zero-order valence-electron chi connectivity index (χ0n) is 12.7. The number of rotatable bonds is 4. The Morgan fingerprint density at radius 1 is 1.45 bits per heavy atom. The van der Waals surface area contributed by atoms with Crippen molar-refractivity contribution in [2.24, 2.45) is 11.7 Å². The van der Waals surface area contributed by atoms with E-state index in [9.17, 15) is 4.79 Å². The molecule has 0 bridgehead atoms. The first kappa shape index (κ1) is 14.7. The average Bonchev–Trinajstić information content (AvgIpc) is 3.09. The second kappa shape index (κ2) is 6.27. The van der Waals surface area contributed by atoms with Gasteiger partial charge in [0.05, 0.1) is 0 Å². The molecule has 2 aromatic rings. The van der Waals surface area contributed by atoms with Gasteiger partial charge in [0, 0.05) is 23.7 Å². The minimum Gasteiger partial charge on any atom is -0.327 e. The second-order valence-electron chi connectivity index (χ2n) is 5.93. The highest BCUT2D eigenvalue weighted by Crippen LogP contribution is 2.27. The molecule has 0 radical (unpaired) electrons. The number of anilines is 1. The zero-order chi connectivity index (χ0) is 15.5. The highest BCUT2D eigenvalue weighted by molar-refractivity contribution is 5.91. The van der Waals surface area contributed by atoms with Gasteiger partial charge in [-0.05, 0) is 37.8 Å². The smallest absolute Gasteiger partial charge is 0.224 e. The van der Waals surface area contributed by atoms with Gasteiger partial charge < -0.3 is 11.1 Å². The molecule has 1 aromatic heterocycles. The van der Waals surface area contributed by atoms with Crippen LogP contribution in [-0.2, 0) is 4.79 Å². The SMILES string of the molecule is Cc1nc(-c2cccc(NC(=O)C[C@@H]3CCC[C@H]3N)c2)n[nH]1. The van der Waals surface area contributed by atoms with Crippen molar-refractivity contribution in [3.63, 3.8) is 0 Å². The second-order valence-corrected chi connectivity index (χ2v) is 5.93. The van der Waals surface area contributed by atoms with E-state index >= 15 is 0 Å².